The zero-order chi connectivity index (χ0) is 29.8. The van der Waals surface area contributed by atoms with Crippen molar-refractivity contribution in [2.75, 3.05) is 0 Å². The number of imidazole rings is 1. The van der Waals surface area contributed by atoms with E-state index in [0.29, 0.717) is 29.0 Å². The minimum absolute atomic E-state index is 0.0823. The lowest BCUT2D eigenvalue weighted by molar-refractivity contribution is -0.141. The predicted octanol–water partition coefficient (Wildman–Crippen LogP) is 5.85. The first-order valence-electron chi connectivity index (χ1n) is 13.1. The molecular formula is C28H17ClF4N8O2. The number of hydrogen-bond donors (Lipinski definition) is 1. The number of aromatic amines is 1. The molecule has 5 heterocycles. The van der Waals surface area contributed by atoms with Crippen LogP contribution in [-0.4, -0.2) is 39.7 Å². The second-order valence-corrected chi connectivity index (χ2v) is 11.1. The van der Waals surface area contributed by atoms with Gasteiger partial charge in [-0.3, -0.25) is 9.36 Å². The van der Waals surface area contributed by atoms with Crippen LogP contribution < -0.4 is 5.56 Å². The molecule has 0 amide bonds. The predicted molar refractivity (Wildman–Crippen MR) is 144 cm³/mol. The Labute approximate surface area is 242 Å². The van der Waals surface area contributed by atoms with E-state index in [1.54, 1.807) is 12.1 Å². The van der Waals surface area contributed by atoms with Gasteiger partial charge in [0.15, 0.2) is 11.3 Å². The molecule has 0 radical (unpaired) electrons. The molecule has 15 heteroatoms. The maximum atomic E-state index is 15.4. The summed E-state index contributed by atoms with van der Waals surface area (Å²) in [6.45, 7) is 1.82. The molecule has 0 bridgehead atoms. The number of nitrogens with one attached hydrogen (secondary N) is 1. The molecular weight excluding hydrogens is 592 g/mol. The SMILES string of the molecule is Cc1noc2cc(-c3nc(F)c(C4C5CC5c5nc(-c6cc(Cl)ccc6-n6cc(C(F)(F)F)nn6)cc(=O)n54)[nH]3)ccc12. The van der Waals surface area contributed by atoms with E-state index in [4.69, 9.17) is 21.1 Å². The van der Waals surface area contributed by atoms with Gasteiger partial charge in [0, 0.05) is 33.5 Å². The minimum Gasteiger partial charge on any atom is -0.356 e. The first-order valence-corrected chi connectivity index (χ1v) is 13.5. The molecule has 6 aromatic rings. The molecule has 1 fully saturated rings. The molecule has 0 saturated heterocycles. The van der Waals surface area contributed by atoms with E-state index in [0.717, 1.165) is 22.0 Å². The van der Waals surface area contributed by atoms with E-state index >= 15 is 4.39 Å². The van der Waals surface area contributed by atoms with Crippen LogP contribution in [0.4, 0.5) is 17.6 Å². The summed E-state index contributed by atoms with van der Waals surface area (Å²) in [4.78, 5) is 25.5. The third kappa shape index (κ3) is 4.00. The fourth-order valence-corrected chi connectivity index (χ4v) is 6.09. The van der Waals surface area contributed by atoms with E-state index in [1.165, 1.54) is 28.8 Å². The summed E-state index contributed by atoms with van der Waals surface area (Å²) in [5.41, 5.74) is 1.10. The third-order valence-corrected chi connectivity index (χ3v) is 8.24. The van der Waals surface area contributed by atoms with Gasteiger partial charge >= 0.3 is 6.18 Å². The highest BCUT2D eigenvalue weighted by atomic mass is 35.5. The molecule has 43 heavy (non-hydrogen) atoms. The van der Waals surface area contributed by atoms with Gasteiger partial charge in [0.2, 0.25) is 5.95 Å². The lowest BCUT2D eigenvalue weighted by atomic mass is 10.1. The topological polar surface area (TPSA) is 120 Å². The van der Waals surface area contributed by atoms with Crippen LogP contribution in [0.2, 0.25) is 5.02 Å². The summed E-state index contributed by atoms with van der Waals surface area (Å²) in [5.74, 6) is -0.190. The summed E-state index contributed by atoms with van der Waals surface area (Å²) in [5, 5.41) is 11.9. The van der Waals surface area contributed by atoms with Crippen LogP contribution in [0.5, 0.6) is 0 Å². The average molecular weight is 609 g/mol. The van der Waals surface area contributed by atoms with Gasteiger partial charge in [0.25, 0.3) is 5.56 Å². The number of rotatable bonds is 4. The van der Waals surface area contributed by atoms with Crippen molar-refractivity contribution in [2.24, 2.45) is 5.92 Å². The van der Waals surface area contributed by atoms with Crippen LogP contribution in [0.25, 0.3) is 39.3 Å². The van der Waals surface area contributed by atoms with Crippen molar-refractivity contribution in [1.82, 2.24) is 39.7 Å². The minimum atomic E-state index is -4.69. The molecule has 1 saturated carbocycles. The maximum absolute atomic E-state index is 15.4. The van der Waals surface area contributed by atoms with Gasteiger partial charge in [-0.05, 0) is 49.6 Å². The average Bonchev–Trinajstić information content (AvgIpc) is 3.30. The van der Waals surface area contributed by atoms with Crippen LogP contribution in [0.1, 0.15) is 41.3 Å². The summed E-state index contributed by atoms with van der Waals surface area (Å²) in [7, 11) is 0. The van der Waals surface area contributed by atoms with Gasteiger partial charge in [-0.1, -0.05) is 28.0 Å². The van der Waals surface area contributed by atoms with Crippen LogP contribution in [0, 0.1) is 18.8 Å². The first-order chi connectivity index (χ1) is 20.6. The highest BCUT2D eigenvalue weighted by molar-refractivity contribution is 6.31. The summed E-state index contributed by atoms with van der Waals surface area (Å²) in [6.07, 6.45) is -3.26. The Bertz CT molecular complexity index is 2160. The zero-order valence-electron chi connectivity index (χ0n) is 21.9. The molecule has 2 aromatic carbocycles. The van der Waals surface area contributed by atoms with Gasteiger partial charge < -0.3 is 9.51 Å². The molecule has 1 aliphatic heterocycles. The van der Waals surface area contributed by atoms with Crippen molar-refractivity contribution in [3.05, 3.63) is 92.9 Å². The third-order valence-electron chi connectivity index (χ3n) is 8.01. The van der Waals surface area contributed by atoms with Crippen molar-refractivity contribution in [3.8, 4) is 28.3 Å². The molecule has 0 spiro atoms. The summed E-state index contributed by atoms with van der Waals surface area (Å²) >= 11 is 6.23. The Hall–Kier alpha value is -4.85. The highest BCUT2D eigenvalue weighted by Crippen LogP contribution is 2.60. The second-order valence-electron chi connectivity index (χ2n) is 10.6. The number of hydrogen-bond acceptors (Lipinski definition) is 7. The van der Waals surface area contributed by atoms with Crippen LogP contribution in [0.15, 0.2) is 58.0 Å². The monoisotopic (exact) mass is 608 g/mol. The van der Waals surface area contributed by atoms with E-state index in [9.17, 15) is 18.0 Å². The molecule has 216 valence electrons. The van der Waals surface area contributed by atoms with Gasteiger partial charge in [0.05, 0.1) is 35.0 Å². The number of fused-ring (bicyclic) bond motifs is 4. The van der Waals surface area contributed by atoms with Crippen molar-refractivity contribution in [3.63, 3.8) is 0 Å². The molecule has 1 N–H and O–H groups in total. The number of benzene rings is 2. The Morgan fingerprint density at radius 3 is 2.74 bits per heavy atom. The van der Waals surface area contributed by atoms with E-state index in [2.05, 4.69) is 25.4 Å². The molecule has 3 atom stereocenters. The fraction of sp³-hybridized carbons (Fsp3) is 0.214. The number of nitrogens with zero attached hydrogens (tertiary/aromatic N) is 7. The van der Waals surface area contributed by atoms with Gasteiger partial charge in [-0.25, -0.2) is 14.6 Å². The fourth-order valence-electron chi connectivity index (χ4n) is 5.92. The number of halogens is 5. The van der Waals surface area contributed by atoms with Crippen molar-refractivity contribution in [2.45, 2.75) is 31.5 Å². The Morgan fingerprint density at radius 2 is 1.95 bits per heavy atom. The molecule has 8 rings (SSSR count). The van der Waals surface area contributed by atoms with Crippen LogP contribution in [-0.2, 0) is 6.18 Å². The summed E-state index contributed by atoms with van der Waals surface area (Å²) in [6, 6.07) is 10.4. The lowest BCUT2D eigenvalue weighted by Gasteiger charge is -2.17. The molecule has 4 aromatic heterocycles. The van der Waals surface area contributed by atoms with Crippen molar-refractivity contribution in [1.29, 1.82) is 0 Å². The van der Waals surface area contributed by atoms with Gasteiger partial charge in [-0.15, -0.1) is 5.10 Å². The Kier molecular flexibility index (Phi) is 5.30. The first kappa shape index (κ1) is 25.8. The number of aryl methyl sites for hydroxylation is 1. The quantitative estimate of drug-likeness (QED) is 0.249. The molecule has 2 aliphatic rings. The number of H-pyrrole nitrogens is 1. The van der Waals surface area contributed by atoms with Gasteiger partial charge in [0.1, 0.15) is 11.6 Å². The van der Waals surface area contributed by atoms with Crippen LogP contribution >= 0.6 is 11.6 Å². The van der Waals surface area contributed by atoms with Gasteiger partial charge in [-0.2, -0.15) is 17.6 Å². The molecule has 10 nitrogen and oxygen atoms in total. The molecule has 1 aliphatic carbocycles. The Balaban J connectivity index is 1.20. The highest BCUT2D eigenvalue weighted by Gasteiger charge is 2.56. The van der Waals surface area contributed by atoms with Crippen LogP contribution in [0.3, 0.4) is 0 Å². The number of alkyl halides is 3. The standard InChI is InChI=1S/C28H17ClF4N8O2/c1-11-14-4-2-12(6-20(14)43-38-11)26-35-23(25(30)36-26)24-15-8-16(15)27-34-18(9-22(42)41(24)27)17-7-13(29)3-5-19(17)40-10-21(37-39-40)28(31,32)33/h2-7,9-10,15-16,24H,8H2,1H3,(H,35,36). The Morgan fingerprint density at radius 1 is 1.12 bits per heavy atom. The normalized spacial score (nSPS) is 19.2. The van der Waals surface area contributed by atoms with E-state index < -0.39 is 29.4 Å². The maximum Gasteiger partial charge on any atom is 0.436 e. The van der Waals surface area contributed by atoms with E-state index in [1.807, 2.05) is 13.0 Å². The van der Waals surface area contributed by atoms with Crippen molar-refractivity contribution < 1.29 is 22.1 Å². The lowest BCUT2D eigenvalue weighted by Crippen LogP contribution is -2.27. The smallest absolute Gasteiger partial charge is 0.356 e. The number of aromatic nitrogens is 8. The summed E-state index contributed by atoms with van der Waals surface area (Å²) < 4.78 is 62.7. The van der Waals surface area contributed by atoms with E-state index in [-0.39, 0.29) is 39.8 Å². The van der Waals surface area contributed by atoms with Crippen molar-refractivity contribution >= 4 is 22.6 Å². The molecule has 3 unspecified atom stereocenters. The zero-order valence-corrected chi connectivity index (χ0v) is 22.7. The largest absolute Gasteiger partial charge is 0.436 e. The second kappa shape index (κ2) is 8.83.